The van der Waals surface area contributed by atoms with Gasteiger partial charge in [0.15, 0.2) is 1.41 Å². The summed E-state index contributed by atoms with van der Waals surface area (Å²) in [5, 5.41) is 0.0699. The molecule has 0 unspecified atom stereocenters. The Labute approximate surface area is 704 Å². The molecule has 0 aliphatic rings. The molecule has 0 aliphatic heterocycles. The zero-order valence-corrected chi connectivity index (χ0v) is 66.8. The van der Waals surface area contributed by atoms with Gasteiger partial charge < -0.3 is 122 Å². The summed E-state index contributed by atoms with van der Waals surface area (Å²) in [6, 6.07) is 0. The number of hydrogen-bond donors (Lipinski definition) is 8. The van der Waals surface area contributed by atoms with Crippen LogP contribution in [0.4, 0.5) is 23.8 Å². The van der Waals surface area contributed by atoms with Crippen molar-refractivity contribution >= 4 is 151 Å². The third kappa shape index (κ3) is 64.3. The van der Waals surface area contributed by atoms with Gasteiger partial charge in [0.1, 0.15) is 47.5 Å². The van der Waals surface area contributed by atoms with Gasteiger partial charge >= 0.3 is 11.4 Å². The average Bonchev–Trinajstić information content (AvgIpc) is 3.38. The maximum Gasteiger partial charge on any atom is 1.00 e. The van der Waals surface area contributed by atoms with Gasteiger partial charge in [-0.25, -0.2) is 4.79 Å². The minimum Gasteiger partial charge on any atom is -0.420 e. The van der Waals surface area contributed by atoms with Crippen LogP contribution in [-0.2, 0) is 229 Å². The molecule has 423 valence electrons. The Kier molecular flexibility index (Phi) is 77.6. The van der Waals surface area contributed by atoms with E-state index in [9.17, 15) is 4.79 Å². The van der Waals surface area contributed by atoms with Gasteiger partial charge in [-0.2, -0.15) is 39.9 Å². The second-order valence-corrected chi connectivity index (χ2v) is 13.2. The number of nitrogen functional groups attached to an aromatic ring is 4. The van der Waals surface area contributed by atoms with Crippen molar-refractivity contribution in [2.24, 2.45) is 0 Å². The summed E-state index contributed by atoms with van der Waals surface area (Å²) in [5.41, 5.74) is 7.32. The van der Waals surface area contributed by atoms with E-state index in [2.05, 4.69) is 170 Å². The number of halogens is 11. The summed E-state index contributed by atoms with van der Waals surface area (Å²) in [6.45, 7) is 5.14. The van der Waals surface area contributed by atoms with Crippen LogP contribution in [0.25, 0.3) is 0 Å². The largest absolute Gasteiger partial charge is 1.00 e. The van der Waals surface area contributed by atoms with Gasteiger partial charge in [0.25, 0.3) is 0 Å². The molecule has 8 rings (SSSR count). The first-order valence-electron chi connectivity index (χ1n) is 19.3. The molecule has 0 saturated heterocycles. The number of nitrogens with zero attached hydrogens (tertiary/aromatic N) is 23. The van der Waals surface area contributed by atoms with E-state index in [1.54, 1.807) is 20.8 Å². The van der Waals surface area contributed by atoms with Crippen LogP contribution in [0, 0.1) is 52.4 Å². The van der Waals surface area contributed by atoms with E-state index in [0.717, 1.165) is 0 Å². The molecule has 0 aliphatic carbocycles. The van der Waals surface area contributed by atoms with E-state index in [0.29, 0.717) is 17.5 Å². The quantitative estimate of drug-likeness (QED) is 0.107. The standard InChI is InChI=1S/C4H3ClN3.2C4H5N4.C3Cl3N3.C3H2Cl2N4.C3HCl2N3O.C3Cl2N3.C3H2ClN4.2CH4.3H3N.H2O.7Y/c3*1-3-6-2-7-4(5)8-3;2*4-1-7-2(5)9-3(6)8-1;4-1-6-2(5)8-3(9)7-1;2*4-2-6-1-7-3(5)8-2;;;;;;;;;;;;;/h1H3;2*1H3,(H2,5,6,7,8);;(H2,6,7,8,9);(H,6,7,8,9);;(H2,5,6,7,8);2*1H4;3*1H3;1H2;;;;;;;/q3*-1;;;;2*-1;;;;;;;;;;;;;/p+4/i/hD7. The predicted molar refractivity (Wildman–Crippen MR) is 279 cm³/mol. The number of nitrogens with two attached hydrogens (primary N) is 4. The second kappa shape index (κ2) is 66.8. The van der Waals surface area contributed by atoms with E-state index in [4.69, 9.17) is 137 Å². The molecule has 0 aromatic carbocycles. The smallest absolute Gasteiger partial charge is 0.420 e. The minimum atomic E-state index is -0.597. The Morgan fingerprint density at radius 1 is 0.362 bits per heavy atom. The van der Waals surface area contributed by atoms with Crippen LogP contribution in [-0.4, -0.2) is 125 Å². The molecule has 0 saturated carbocycles. The summed E-state index contributed by atoms with van der Waals surface area (Å²) in [7, 11) is 0. The predicted octanol–water partition coefficient (Wildman–Crippen LogP) is 5.07. The molecule has 0 amide bonds. The number of anilines is 4. The molecular formula is C29H41Cl11N31O2Y7-. The van der Waals surface area contributed by atoms with E-state index >= 15 is 0 Å². The van der Waals surface area contributed by atoms with Gasteiger partial charge in [-0.15, -0.1) is 46.4 Å². The monoisotopic (exact) mass is 1870 g/mol. The number of aromatic amines is 1. The van der Waals surface area contributed by atoms with Gasteiger partial charge in [0, 0.05) is 278 Å². The van der Waals surface area contributed by atoms with Crippen LogP contribution in [0.15, 0.2) is 4.79 Å². The van der Waals surface area contributed by atoms with Crippen LogP contribution < -0.4 is 47.0 Å². The number of rotatable bonds is 4. The third-order valence-electron chi connectivity index (χ3n) is 4.57. The molecule has 0 fully saturated rings. The molecular weight excluding hydrogens is 1830 g/mol. The van der Waals surface area contributed by atoms with Crippen LogP contribution in [0.2, 0.25) is 68.0 Å². The molecule has 33 nitrogen and oxygen atoms in total. The Hall–Kier alpha value is 1.84. The molecule has 8 aromatic rings. The Balaban J connectivity index is -0.0000000443. The summed E-state index contributed by atoms with van der Waals surface area (Å²) < 4.78 is 42.2. The maximum absolute atomic E-state index is 10.3. The first-order valence-corrected chi connectivity index (χ1v) is 19.7. The molecule has 20 N–H and O–H groups in total. The Morgan fingerprint density at radius 2 is 0.600 bits per heavy atom. The summed E-state index contributed by atoms with van der Waals surface area (Å²) >= 11 is 58.4. The van der Waals surface area contributed by atoms with E-state index in [1.807, 2.05) is 22.9 Å². The van der Waals surface area contributed by atoms with Gasteiger partial charge in [0.2, 0.25) is 42.9 Å². The Bertz CT molecular complexity index is 2670. The van der Waals surface area contributed by atoms with Crippen molar-refractivity contribution in [3.63, 3.8) is 0 Å². The van der Waals surface area contributed by atoms with Crippen LogP contribution >= 0.6 is 128 Å². The number of aromatic nitrogens is 24. The van der Waals surface area contributed by atoms with Crippen LogP contribution in [0.5, 0.6) is 0 Å². The topological polar surface area (TPSA) is 570 Å². The van der Waals surface area contributed by atoms with Crippen molar-refractivity contribution in [1.82, 2.24) is 138 Å². The first-order chi connectivity index (χ1) is 36.6. The average molecular weight is 1880 g/mol. The number of hydrogen-bond acceptors (Lipinski definition) is 31. The van der Waals surface area contributed by atoms with Gasteiger partial charge in [-0.05, 0) is 81.2 Å². The molecule has 0 atom stereocenters. The molecule has 8 aromatic heterocycles. The molecule has 8 heterocycles. The fraction of sp³-hybridized carbons (Fsp3) is 0.172. The zero-order valence-electron chi connectivity index (χ0n) is 49.6. The van der Waals surface area contributed by atoms with Crippen molar-refractivity contribution in [2.75, 3.05) is 22.9 Å². The van der Waals surface area contributed by atoms with Gasteiger partial charge in [-0.1, -0.05) is 35.6 Å². The number of nitrogens with one attached hydrogen (secondary N) is 1. The first kappa shape index (κ1) is 93.0. The maximum atomic E-state index is 10.3. The zero-order chi connectivity index (χ0) is 59.3. The third-order valence-corrected chi connectivity index (χ3v) is 6.44. The Morgan fingerprint density at radius 3 is 0.825 bits per heavy atom. The minimum absolute atomic E-state index is 0. The van der Waals surface area contributed by atoms with Crippen molar-refractivity contribution in [3.05, 3.63) is 118 Å². The van der Waals surface area contributed by atoms with Gasteiger partial charge in [0.05, 0.1) is 0 Å². The molecule has 51 heteroatoms. The van der Waals surface area contributed by atoms with Crippen LogP contribution in [0.3, 0.4) is 0 Å². The molecule has 7 radical (unpaired) electrons. The molecule has 0 spiro atoms. The summed E-state index contributed by atoms with van der Waals surface area (Å²) in [5.74, 6) is 2.27. The molecule has 80 heavy (non-hydrogen) atoms. The van der Waals surface area contributed by atoms with E-state index in [1.165, 1.54) is 0 Å². The van der Waals surface area contributed by atoms with E-state index < -0.39 is 5.69 Å². The second-order valence-electron chi connectivity index (χ2n) is 9.42. The SMILES string of the molecule is C.C.Cc1n[c-]nc(Cl)n1.Clc1n[c-]nc(Cl)n1.Clc1nc(Cl)nc(Cl)n1.O.O=c1nc(Cl)nc(Cl)[nH]1.[2H]N.[2H]N.[2H]N.[2H]Nc1n[c-]nc(C)n1.[2H]Nc1n[c-]nc(C)n1.[2H]Nc1n[c-]nc(Cl)n1.[2H]Nc1nc(Cl)nc(Cl)n1.[H+].[H+].[H+].[H+].[Y].[Y].[Y].[Y].[Y].[Y].[Y]. The summed E-state index contributed by atoms with van der Waals surface area (Å²) in [4.78, 5) is 92.9. The normalized spacial score (nSPS) is 8.59. The fourth-order valence-electron chi connectivity index (χ4n) is 2.47. The number of H-pyrrole nitrogens is 1. The number of aryl methyl sites for hydroxylation is 3. The van der Waals surface area contributed by atoms with Crippen molar-refractivity contribution in [2.45, 2.75) is 35.6 Å². The van der Waals surface area contributed by atoms with Crippen molar-refractivity contribution < 1.29 is 250 Å². The van der Waals surface area contributed by atoms with Crippen molar-refractivity contribution in [3.8, 4) is 0 Å². The summed E-state index contributed by atoms with van der Waals surface area (Å²) in [6.07, 6.45) is 22.7. The fourth-order valence-corrected chi connectivity index (χ4v) is 4.36. The van der Waals surface area contributed by atoms with Crippen LogP contribution in [0.1, 0.15) is 38.0 Å². The van der Waals surface area contributed by atoms with E-state index in [-0.39, 0.29) is 337 Å². The molecule has 0 bridgehead atoms. The van der Waals surface area contributed by atoms with Gasteiger partial charge in [-0.3, -0.25) is 4.98 Å². The van der Waals surface area contributed by atoms with Crippen molar-refractivity contribution in [1.29, 1.82) is 0 Å².